The second kappa shape index (κ2) is 4.65. The molecule has 0 bridgehead atoms. The Balaban J connectivity index is 1.96. The molecule has 3 atom stereocenters. The average Bonchev–Trinajstić information content (AvgIpc) is 2.20. The third kappa shape index (κ3) is 2.13. The van der Waals surface area contributed by atoms with E-state index in [4.69, 9.17) is 0 Å². The molecular weight excluding hydrogens is 170 g/mol. The molecule has 1 saturated heterocycles. The van der Waals surface area contributed by atoms with Gasteiger partial charge in [0.05, 0.1) is 0 Å². The highest BCUT2D eigenvalue weighted by Gasteiger charge is 2.32. The lowest BCUT2D eigenvalue weighted by Gasteiger charge is -2.42. The lowest BCUT2D eigenvalue weighted by molar-refractivity contribution is 0.0757. The molecule has 0 N–H and O–H groups in total. The lowest BCUT2D eigenvalue weighted by Crippen LogP contribution is -2.44. The zero-order chi connectivity index (χ0) is 9.97. The van der Waals surface area contributed by atoms with Gasteiger partial charge in [-0.05, 0) is 44.7 Å². The minimum Gasteiger partial charge on any atom is -0.303 e. The quantitative estimate of drug-likeness (QED) is 0.620. The Bertz CT molecular complexity index is 158. The van der Waals surface area contributed by atoms with Gasteiger partial charge in [-0.15, -0.1) is 0 Å². The van der Waals surface area contributed by atoms with Crippen molar-refractivity contribution in [2.75, 3.05) is 13.6 Å². The first kappa shape index (κ1) is 10.5. The molecule has 1 heterocycles. The molecule has 2 fully saturated rings. The fraction of sp³-hybridized carbons (Fsp3) is 1.00. The molecule has 1 nitrogen and oxygen atoms in total. The van der Waals surface area contributed by atoms with Crippen molar-refractivity contribution >= 4 is 0 Å². The number of hydrogen-bond donors (Lipinski definition) is 0. The molecular formula is C13H25N. The van der Waals surface area contributed by atoms with Crippen LogP contribution in [0.25, 0.3) is 0 Å². The highest BCUT2D eigenvalue weighted by atomic mass is 15.1. The van der Waals surface area contributed by atoms with E-state index in [-0.39, 0.29) is 0 Å². The molecule has 0 radical (unpaired) electrons. The number of hydrogen-bond acceptors (Lipinski definition) is 1. The van der Waals surface area contributed by atoms with Crippen molar-refractivity contribution in [1.82, 2.24) is 4.90 Å². The smallest absolute Gasteiger partial charge is 0.0123 e. The topological polar surface area (TPSA) is 3.24 Å². The molecule has 82 valence electrons. The standard InChI is InChI=1S/C13H25N/c1-11-7-3-4-8-12(11)13-9-5-6-10-14(13)2/h11-13H,3-10H2,1-2H3. The van der Waals surface area contributed by atoms with Gasteiger partial charge in [-0.1, -0.05) is 32.6 Å². The maximum Gasteiger partial charge on any atom is 0.0123 e. The summed E-state index contributed by atoms with van der Waals surface area (Å²) in [6.45, 7) is 3.82. The second-order valence-corrected chi connectivity index (χ2v) is 5.47. The second-order valence-electron chi connectivity index (χ2n) is 5.47. The third-order valence-corrected chi connectivity index (χ3v) is 4.50. The summed E-state index contributed by atoms with van der Waals surface area (Å²) < 4.78 is 0. The van der Waals surface area contributed by atoms with E-state index in [2.05, 4.69) is 18.9 Å². The molecule has 2 rings (SSSR count). The van der Waals surface area contributed by atoms with E-state index in [1.165, 1.54) is 51.5 Å². The lowest BCUT2D eigenvalue weighted by atomic mass is 9.74. The summed E-state index contributed by atoms with van der Waals surface area (Å²) in [7, 11) is 2.34. The summed E-state index contributed by atoms with van der Waals surface area (Å²) in [6, 6.07) is 0.916. The van der Waals surface area contributed by atoms with Gasteiger partial charge in [0.25, 0.3) is 0 Å². The van der Waals surface area contributed by atoms with Crippen LogP contribution in [0.5, 0.6) is 0 Å². The van der Waals surface area contributed by atoms with Crippen LogP contribution in [-0.4, -0.2) is 24.5 Å². The van der Waals surface area contributed by atoms with E-state index in [1.807, 2.05) is 0 Å². The van der Waals surface area contributed by atoms with Crippen LogP contribution in [0.15, 0.2) is 0 Å². The van der Waals surface area contributed by atoms with Crippen molar-refractivity contribution in [3.05, 3.63) is 0 Å². The van der Waals surface area contributed by atoms with E-state index in [0.29, 0.717) is 0 Å². The molecule has 2 aliphatic rings. The van der Waals surface area contributed by atoms with E-state index < -0.39 is 0 Å². The molecule has 1 saturated carbocycles. The first-order valence-corrected chi connectivity index (χ1v) is 6.49. The molecule has 0 aromatic rings. The molecule has 14 heavy (non-hydrogen) atoms. The third-order valence-electron chi connectivity index (χ3n) is 4.50. The average molecular weight is 195 g/mol. The fourth-order valence-corrected chi connectivity index (χ4v) is 3.56. The highest BCUT2D eigenvalue weighted by molar-refractivity contribution is 4.86. The van der Waals surface area contributed by atoms with Crippen LogP contribution in [0.1, 0.15) is 51.9 Å². The first-order chi connectivity index (χ1) is 6.79. The molecule has 0 aromatic heterocycles. The van der Waals surface area contributed by atoms with Crippen LogP contribution in [0.3, 0.4) is 0 Å². The number of rotatable bonds is 1. The van der Waals surface area contributed by atoms with E-state index >= 15 is 0 Å². The van der Waals surface area contributed by atoms with Gasteiger partial charge in [0.2, 0.25) is 0 Å². The largest absolute Gasteiger partial charge is 0.303 e. The van der Waals surface area contributed by atoms with Crippen molar-refractivity contribution in [1.29, 1.82) is 0 Å². The normalized spacial score (nSPS) is 41.1. The van der Waals surface area contributed by atoms with Gasteiger partial charge in [-0.25, -0.2) is 0 Å². The van der Waals surface area contributed by atoms with Crippen LogP contribution in [0, 0.1) is 11.8 Å². The van der Waals surface area contributed by atoms with Crippen molar-refractivity contribution in [3.63, 3.8) is 0 Å². The number of likely N-dealkylation sites (tertiary alicyclic amines) is 1. The van der Waals surface area contributed by atoms with Crippen molar-refractivity contribution in [2.45, 2.75) is 57.9 Å². The zero-order valence-corrected chi connectivity index (χ0v) is 9.84. The van der Waals surface area contributed by atoms with Crippen LogP contribution < -0.4 is 0 Å². The minimum absolute atomic E-state index is 0.916. The van der Waals surface area contributed by atoms with Gasteiger partial charge < -0.3 is 4.90 Å². The van der Waals surface area contributed by atoms with Gasteiger partial charge in [0.1, 0.15) is 0 Å². The molecule has 1 heteroatoms. The van der Waals surface area contributed by atoms with Gasteiger partial charge in [-0.3, -0.25) is 0 Å². The summed E-state index contributed by atoms with van der Waals surface area (Å²) in [5.74, 6) is 1.99. The highest BCUT2D eigenvalue weighted by Crippen LogP contribution is 2.36. The van der Waals surface area contributed by atoms with Gasteiger partial charge in [-0.2, -0.15) is 0 Å². The Morgan fingerprint density at radius 1 is 0.929 bits per heavy atom. The monoisotopic (exact) mass is 195 g/mol. The zero-order valence-electron chi connectivity index (χ0n) is 9.84. The maximum atomic E-state index is 2.63. The first-order valence-electron chi connectivity index (χ1n) is 6.49. The van der Waals surface area contributed by atoms with Crippen LogP contribution in [0.2, 0.25) is 0 Å². The molecule has 0 aromatic carbocycles. The van der Waals surface area contributed by atoms with Crippen LogP contribution >= 0.6 is 0 Å². The maximum absolute atomic E-state index is 2.63. The Morgan fingerprint density at radius 3 is 2.36 bits per heavy atom. The predicted octanol–water partition coefficient (Wildman–Crippen LogP) is 3.30. The van der Waals surface area contributed by atoms with Crippen LogP contribution in [0.4, 0.5) is 0 Å². The Hall–Kier alpha value is -0.0400. The molecule has 1 aliphatic carbocycles. The van der Waals surface area contributed by atoms with Gasteiger partial charge in [0.15, 0.2) is 0 Å². The summed E-state index contributed by atoms with van der Waals surface area (Å²) >= 11 is 0. The molecule has 0 amide bonds. The molecule has 0 spiro atoms. The van der Waals surface area contributed by atoms with Gasteiger partial charge in [0, 0.05) is 6.04 Å². The summed E-state index contributed by atoms with van der Waals surface area (Å²) in [5.41, 5.74) is 0. The van der Waals surface area contributed by atoms with Crippen molar-refractivity contribution in [2.24, 2.45) is 11.8 Å². The molecule has 3 unspecified atom stereocenters. The summed E-state index contributed by atoms with van der Waals surface area (Å²) in [6.07, 6.45) is 10.3. The fourth-order valence-electron chi connectivity index (χ4n) is 3.56. The number of nitrogens with zero attached hydrogens (tertiary/aromatic N) is 1. The van der Waals surface area contributed by atoms with Crippen molar-refractivity contribution in [3.8, 4) is 0 Å². The Morgan fingerprint density at radius 2 is 1.64 bits per heavy atom. The molecule has 1 aliphatic heterocycles. The van der Waals surface area contributed by atoms with E-state index in [9.17, 15) is 0 Å². The Labute approximate surface area is 88.9 Å². The number of piperidine rings is 1. The van der Waals surface area contributed by atoms with Gasteiger partial charge >= 0.3 is 0 Å². The SMILES string of the molecule is CC1CCCCC1C1CCCCN1C. The van der Waals surface area contributed by atoms with Crippen LogP contribution in [-0.2, 0) is 0 Å². The van der Waals surface area contributed by atoms with E-state index in [1.54, 1.807) is 0 Å². The predicted molar refractivity (Wildman–Crippen MR) is 61.4 cm³/mol. The summed E-state index contributed by atoms with van der Waals surface area (Å²) in [4.78, 5) is 2.63. The minimum atomic E-state index is 0.916. The Kier molecular flexibility index (Phi) is 3.48. The van der Waals surface area contributed by atoms with Crippen molar-refractivity contribution < 1.29 is 0 Å². The van der Waals surface area contributed by atoms with E-state index in [0.717, 1.165) is 17.9 Å². The summed E-state index contributed by atoms with van der Waals surface area (Å²) in [5, 5.41) is 0.